The first-order valence-electron chi connectivity index (χ1n) is 6.97. The number of nitrogens with zero attached hydrogens (tertiary/aromatic N) is 1. The lowest BCUT2D eigenvalue weighted by atomic mass is 10.0. The Labute approximate surface area is 134 Å². The lowest BCUT2D eigenvalue weighted by Crippen LogP contribution is -2.12. The molecule has 0 bridgehead atoms. The van der Waals surface area contributed by atoms with Crippen LogP contribution in [-0.4, -0.2) is 8.42 Å². The number of rotatable bonds is 4. The Bertz CT molecular complexity index is 990. The molecule has 0 radical (unpaired) electrons. The molecule has 0 unspecified atom stereocenters. The van der Waals surface area contributed by atoms with Gasteiger partial charge in [-0.1, -0.05) is 60.7 Å². The number of hydrogen-bond acceptors (Lipinski definition) is 4. The number of hydrogen-bond donors (Lipinski definition) is 0. The predicted octanol–water partition coefficient (Wildman–Crippen LogP) is 3.62. The molecule has 0 spiro atoms. The van der Waals surface area contributed by atoms with Crippen molar-refractivity contribution in [3.63, 3.8) is 0 Å². The Morgan fingerprint density at radius 1 is 0.913 bits per heavy atom. The van der Waals surface area contributed by atoms with Gasteiger partial charge in [-0.25, -0.2) is 0 Å². The molecule has 0 amide bonds. The molecule has 0 saturated carbocycles. The SMILES string of the molecule is N#Cc1c(OS(=O)(=O)Cc2ccccc2)ccc2ccccc12. The maximum absolute atomic E-state index is 12.2. The van der Waals surface area contributed by atoms with Crippen molar-refractivity contribution in [1.29, 1.82) is 5.26 Å². The summed E-state index contributed by atoms with van der Waals surface area (Å²) in [5.74, 6) is -0.187. The van der Waals surface area contributed by atoms with E-state index in [2.05, 4.69) is 0 Å². The van der Waals surface area contributed by atoms with Crippen molar-refractivity contribution >= 4 is 20.9 Å². The van der Waals surface area contributed by atoms with Crippen LogP contribution in [0.3, 0.4) is 0 Å². The molecule has 23 heavy (non-hydrogen) atoms. The summed E-state index contributed by atoms with van der Waals surface area (Å²) in [6.07, 6.45) is 0. The van der Waals surface area contributed by atoms with E-state index in [1.165, 1.54) is 6.07 Å². The van der Waals surface area contributed by atoms with Crippen molar-refractivity contribution in [2.75, 3.05) is 0 Å². The van der Waals surface area contributed by atoms with Gasteiger partial charge in [0.05, 0.1) is 0 Å². The molecular formula is C18H13NO3S. The van der Waals surface area contributed by atoms with Crippen LogP contribution in [0.2, 0.25) is 0 Å². The molecule has 0 atom stereocenters. The second-order valence-electron chi connectivity index (χ2n) is 5.04. The molecule has 0 aliphatic heterocycles. The molecule has 0 aliphatic carbocycles. The van der Waals surface area contributed by atoms with Crippen molar-refractivity contribution in [3.8, 4) is 11.8 Å². The quantitative estimate of drug-likeness (QED) is 0.688. The first kappa shape index (κ1) is 15.1. The Hall–Kier alpha value is -2.84. The summed E-state index contributed by atoms with van der Waals surface area (Å²) in [7, 11) is -3.84. The summed E-state index contributed by atoms with van der Waals surface area (Å²) < 4.78 is 29.7. The van der Waals surface area contributed by atoms with E-state index >= 15 is 0 Å². The van der Waals surface area contributed by atoms with Gasteiger partial charge in [-0.15, -0.1) is 0 Å². The van der Waals surface area contributed by atoms with Crippen LogP contribution in [0.5, 0.6) is 5.75 Å². The summed E-state index contributed by atoms with van der Waals surface area (Å²) in [6, 6.07) is 21.3. The van der Waals surface area contributed by atoms with Gasteiger partial charge in [0.25, 0.3) is 0 Å². The fraction of sp³-hybridized carbons (Fsp3) is 0.0556. The summed E-state index contributed by atoms with van der Waals surface area (Å²) in [6.45, 7) is 0. The average Bonchev–Trinajstić information content (AvgIpc) is 2.55. The second-order valence-corrected chi connectivity index (χ2v) is 6.61. The number of nitriles is 1. The van der Waals surface area contributed by atoms with Gasteiger partial charge >= 0.3 is 10.1 Å². The van der Waals surface area contributed by atoms with Crippen LogP contribution in [0.4, 0.5) is 0 Å². The van der Waals surface area contributed by atoms with E-state index < -0.39 is 10.1 Å². The largest absolute Gasteiger partial charge is 0.381 e. The van der Waals surface area contributed by atoms with Gasteiger partial charge in [0.1, 0.15) is 17.4 Å². The molecule has 3 rings (SSSR count). The Morgan fingerprint density at radius 2 is 1.61 bits per heavy atom. The van der Waals surface area contributed by atoms with Crippen molar-refractivity contribution in [3.05, 3.63) is 77.9 Å². The third-order valence-electron chi connectivity index (χ3n) is 3.41. The van der Waals surface area contributed by atoms with Crippen LogP contribution in [-0.2, 0) is 15.9 Å². The number of fused-ring (bicyclic) bond motifs is 1. The normalized spacial score (nSPS) is 11.1. The topological polar surface area (TPSA) is 67.2 Å². The van der Waals surface area contributed by atoms with Crippen LogP contribution in [0.15, 0.2) is 66.7 Å². The maximum Gasteiger partial charge on any atom is 0.313 e. The molecule has 0 aliphatic rings. The molecule has 114 valence electrons. The van der Waals surface area contributed by atoms with Crippen molar-refractivity contribution in [1.82, 2.24) is 0 Å². The summed E-state index contributed by atoms with van der Waals surface area (Å²) in [4.78, 5) is 0. The molecule has 0 aromatic heterocycles. The van der Waals surface area contributed by atoms with Gasteiger partial charge in [0.15, 0.2) is 5.75 Å². The van der Waals surface area contributed by atoms with Crippen LogP contribution in [0.1, 0.15) is 11.1 Å². The minimum atomic E-state index is -3.84. The monoisotopic (exact) mass is 323 g/mol. The lowest BCUT2D eigenvalue weighted by Gasteiger charge is -2.10. The van der Waals surface area contributed by atoms with Gasteiger partial charge in [0, 0.05) is 5.39 Å². The fourth-order valence-corrected chi connectivity index (χ4v) is 3.45. The fourth-order valence-electron chi connectivity index (χ4n) is 2.38. The van der Waals surface area contributed by atoms with E-state index in [0.29, 0.717) is 10.9 Å². The lowest BCUT2D eigenvalue weighted by molar-refractivity contribution is 0.484. The summed E-state index contributed by atoms with van der Waals surface area (Å²) >= 11 is 0. The predicted molar refractivity (Wildman–Crippen MR) is 88.4 cm³/mol. The zero-order chi connectivity index (χ0) is 16.3. The van der Waals surface area contributed by atoms with E-state index in [-0.39, 0.29) is 17.1 Å². The van der Waals surface area contributed by atoms with Crippen LogP contribution in [0, 0.1) is 11.3 Å². The molecule has 4 nitrogen and oxygen atoms in total. The zero-order valence-corrected chi connectivity index (χ0v) is 13.0. The first-order chi connectivity index (χ1) is 11.1. The minimum Gasteiger partial charge on any atom is -0.381 e. The minimum absolute atomic E-state index is 0.0575. The first-order valence-corrected chi connectivity index (χ1v) is 8.55. The highest BCUT2D eigenvalue weighted by Crippen LogP contribution is 2.28. The van der Waals surface area contributed by atoms with Gasteiger partial charge in [-0.2, -0.15) is 13.7 Å². The van der Waals surface area contributed by atoms with Crippen LogP contribution >= 0.6 is 0 Å². The Kier molecular flexibility index (Phi) is 4.00. The van der Waals surface area contributed by atoms with E-state index in [4.69, 9.17) is 4.18 Å². The summed E-state index contributed by atoms with van der Waals surface area (Å²) in [5.41, 5.74) is 0.853. The van der Waals surface area contributed by atoms with Crippen molar-refractivity contribution < 1.29 is 12.6 Å². The molecule has 5 heteroatoms. The van der Waals surface area contributed by atoms with E-state index in [1.807, 2.05) is 24.3 Å². The van der Waals surface area contributed by atoms with Crippen LogP contribution < -0.4 is 4.18 Å². The van der Waals surface area contributed by atoms with Gasteiger partial charge < -0.3 is 4.18 Å². The molecule has 0 fully saturated rings. The smallest absolute Gasteiger partial charge is 0.313 e. The van der Waals surface area contributed by atoms with E-state index in [0.717, 1.165) is 5.39 Å². The van der Waals surface area contributed by atoms with Gasteiger partial charge in [-0.05, 0) is 17.0 Å². The summed E-state index contributed by atoms with van der Waals surface area (Å²) in [5, 5.41) is 10.9. The highest BCUT2D eigenvalue weighted by atomic mass is 32.2. The molecule has 0 N–H and O–H groups in total. The Balaban J connectivity index is 1.96. The van der Waals surface area contributed by atoms with E-state index in [9.17, 15) is 13.7 Å². The third-order valence-corrected chi connectivity index (χ3v) is 4.53. The standard InChI is InChI=1S/C18H13NO3S/c19-12-17-16-9-5-4-8-15(16)10-11-18(17)22-23(20,21)13-14-6-2-1-3-7-14/h1-11H,13H2. The van der Waals surface area contributed by atoms with Crippen molar-refractivity contribution in [2.45, 2.75) is 5.75 Å². The highest BCUT2D eigenvalue weighted by molar-refractivity contribution is 7.86. The highest BCUT2D eigenvalue weighted by Gasteiger charge is 2.17. The molecule has 3 aromatic carbocycles. The third kappa shape index (κ3) is 3.33. The van der Waals surface area contributed by atoms with E-state index in [1.54, 1.807) is 42.5 Å². The van der Waals surface area contributed by atoms with Crippen LogP contribution in [0.25, 0.3) is 10.8 Å². The Morgan fingerprint density at radius 3 is 2.35 bits per heavy atom. The molecule has 0 heterocycles. The second kappa shape index (κ2) is 6.11. The molecule has 3 aromatic rings. The molecular weight excluding hydrogens is 310 g/mol. The van der Waals surface area contributed by atoms with Gasteiger partial charge in [0.2, 0.25) is 0 Å². The maximum atomic E-state index is 12.2. The van der Waals surface area contributed by atoms with Gasteiger partial charge in [-0.3, -0.25) is 0 Å². The van der Waals surface area contributed by atoms with Crippen molar-refractivity contribution in [2.24, 2.45) is 0 Å². The molecule has 0 saturated heterocycles. The average molecular weight is 323 g/mol. The zero-order valence-electron chi connectivity index (χ0n) is 12.1. The number of benzene rings is 3.